The van der Waals surface area contributed by atoms with Crippen LogP contribution in [0.4, 0.5) is 0 Å². The molecule has 0 radical (unpaired) electrons. The van der Waals surface area contributed by atoms with Crippen molar-refractivity contribution in [2.45, 2.75) is 76.5 Å². The molecule has 212 valence electrons. The summed E-state index contributed by atoms with van der Waals surface area (Å²) in [6.07, 6.45) is 2.64. The van der Waals surface area contributed by atoms with E-state index in [9.17, 15) is 29.1 Å². The average Bonchev–Trinajstić information content (AvgIpc) is 3.53. The van der Waals surface area contributed by atoms with Crippen LogP contribution in [0.15, 0.2) is 30.5 Å². The molecule has 12 nitrogen and oxygen atoms in total. The lowest BCUT2D eigenvalue weighted by molar-refractivity contribution is -0.143. The van der Waals surface area contributed by atoms with Gasteiger partial charge in [-0.25, -0.2) is 4.79 Å². The molecule has 1 aliphatic heterocycles. The van der Waals surface area contributed by atoms with E-state index in [0.717, 1.165) is 16.5 Å². The Hall–Kier alpha value is -3.93. The molecule has 12 heteroatoms. The Bertz CT molecular complexity index is 1210. The van der Waals surface area contributed by atoms with Gasteiger partial charge in [-0.2, -0.15) is 0 Å². The average molecular weight is 544 g/mol. The summed E-state index contributed by atoms with van der Waals surface area (Å²) in [4.78, 5) is 66.6. The van der Waals surface area contributed by atoms with Crippen molar-refractivity contribution in [3.63, 3.8) is 0 Å². The highest BCUT2D eigenvalue weighted by Crippen LogP contribution is 2.21. The number of benzene rings is 1. The van der Waals surface area contributed by atoms with Crippen LogP contribution in [-0.4, -0.2) is 80.5 Å². The van der Waals surface area contributed by atoms with Gasteiger partial charge < -0.3 is 36.5 Å². The van der Waals surface area contributed by atoms with Gasteiger partial charge in [0.15, 0.2) is 0 Å². The van der Waals surface area contributed by atoms with Crippen molar-refractivity contribution in [3.8, 4) is 0 Å². The van der Waals surface area contributed by atoms with Crippen molar-refractivity contribution in [1.82, 2.24) is 20.5 Å². The number of nitrogens with zero attached hydrogens (tertiary/aromatic N) is 1. The Morgan fingerprint density at radius 3 is 2.49 bits per heavy atom. The molecule has 1 saturated heterocycles. The monoisotopic (exact) mass is 543 g/mol. The van der Waals surface area contributed by atoms with Gasteiger partial charge >= 0.3 is 11.9 Å². The van der Waals surface area contributed by atoms with E-state index >= 15 is 0 Å². The third-order valence-electron chi connectivity index (χ3n) is 6.88. The van der Waals surface area contributed by atoms with Gasteiger partial charge in [0, 0.05) is 36.5 Å². The van der Waals surface area contributed by atoms with E-state index in [1.807, 2.05) is 38.1 Å². The zero-order valence-electron chi connectivity index (χ0n) is 22.2. The van der Waals surface area contributed by atoms with Crippen LogP contribution in [0.5, 0.6) is 0 Å². The van der Waals surface area contributed by atoms with Gasteiger partial charge in [0.2, 0.25) is 17.7 Å². The summed E-state index contributed by atoms with van der Waals surface area (Å²) in [6, 6.07) is 3.31. The number of fused-ring (bicyclic) bond motifs is 1. The molecular formula is C27H37N5O7. The Balaban J connectivity index is 1.69. The van der Waals surface area contributed by atoms with E-state index in [1.54, 1.807) is 6.20 Å². The van der Waals surface area contributed by atoms with Gasteiger partial charge in [-0.05, 0) is 43.2 Å². The fourth-order valence-electron chi connectivity index (χ4n) is 4.88. The lowest BCUT2D eigenvalue weighted by atomic mass is 10.0. The highest BCUT2D eigenvalue weighted by Gasteiger charge is 2.38. The number of likely N-dealkylation sites (tertiary alicyclic amines) is 1. The number of carboxylic acid groups (broad SMARTS) is 2. The fraction of sp³-hybridized carbons (Fsp3) is 0.519. The number of aromatic nitrogens is 1. The number of para-hydroxylation sites is 1. The van der Waals surface area contributed by atoms with Crippen molar-refractivity contribution in [3.05, 3.63) is 36.0 Å². The minimum absolute atomic E-state index is 0.00343. The summed E-state index contributed by atoms with van der Waals surface area (Å²) in [5.74, 6) is -3.94. The molecule has 0 bridgehead atoms. The maximum Gasteiger partial charge on any atom is 0.326 e. The number of carboxylic acids is 2. The van der Waals surface area contributed by atoms with E-state index in [-0.39, 0.29) is 31.6 Å². The fourth-order valence-corrected chi connectivity index (χ4v) is 4.88. The summed E-state index contributed by atoms with van der Waals surface area (Å²) in [6.45, 7) is 4.05. The van der Waals surface area contributed by atoms with Crippen molar-refractivity contribution in [2.75, 3.05) is 6.54 Å². The second-order valence-corrected chi connectivity index (χ2v) is 10.4. The first-order valence-electron chi connectivity index (χ1n) is 13.1. The molecule has 39 heavy (non-hydrogen) atoms. The topological polar surface area (TPSA) is 195 Å². The molecule has 0 aliphatic carbocycles. The Morgan fingerprint density at radius 2 is 1.82 bits per heavy atom. The summed E-state index contributed by atoms with van der Waals surface area (Å²) < 4.78 is 0. The smallest absolute Gasteiger partial charge is 0.326 e. The molecule has 7 N–H and O–H groups in total. The summed E-state index contributed by atoms with van der Waals surface area (Å²) >= 11 is 0. The minimum atomic E-state index is -1.22. The maximum atomic E-state index is 13.3. The van der Waals surface area contributed by atoms with Crippen LogP contribution in [-0.2, 0) is 30.4 Å². The molecule has 3 amide bonds. The number of hydrogen-bond acceptors (Lipinski definition) is 6. The zero-order valence-corrected chi connectivity index (χ0v) is 22.2. The Kier molecular flexibility index (Phi) is 10.0. The molecule has 1 aromatic heterocycles. The molecule has 4 unspecified atom stereocenters. The van der Waals surface area contributed by atoms with Crippen LogP contribution < -0.4 is 16.4 Å². The van der Waals surface area contributed by atoms with Crippen molar-refractivity contribution < 1.29 is 34.2 Å². The molecule has 1 fully saturated rings. The number of hydrogen-bond donors (Lipinski definition) is 6. The van der Waals surface area contributed by atoms with Gasteiger partial charge in [-0.1, -0.05) is 32.0 Å². The lowest BCUT2D eigenvalue weighted by Gasteiger charge is -2.29. The number of carbonyl (C=O) groups excluding carboxylic acids is 3. The van der Waals surface area contributed by atoms with Gasteiger partial charge in [-0.3, -0.25) is 19.2 Å². The number of nitrogens with two attached hydrogens (primary N) is 1. The zero-order chi connectivity index (χ0) is 28.7. The number of rotatable bonds is 13. The van der Waals surface area contributed by atoms with Crippen molar-refractivity contribution in [1.29, 1.82) is 0 Å². The molecule has 1 aromatic carbocycles. The Morgan fingerprint density at radius 1 is 1.10 bits per heavy atom. The van der Waals surface area contributed by atoms with E-state index in [2.05, 4.69) is 15.6 Å². The largest absolute Gasteiger partial charge is 0.481 e. The maximum absolute atomic E-state index is 13.3. The summed E-state index contributed by atoms with van der Waals surface area (Å²) in [5.41, 5.74) is 7.48. The molecular weight excluding hydrogens is 506 g/mol. The summed E-state index contributed by atoms with van der Waals surface area (Å²) in [7, 11) is 0. The summed E-state index contributed by atoms with van der Waals surface area (Å²) in [5, 5.41) is 24.9. The SMILES string of the molecule is CC(C)CC(NC(=O)C1CCCN1C(=O)C(N)CCC(=O)O)C(=O)NC(Cc1c[nH]c2ccccc12)C(=O)O. The van der Waals surface area contributed by atoms with E-state index in [4.69, 9.17) is 10.8 Å². The first-order valence-corrected chi connectivity index (χ1v) is 13.1. The molecule has 2 aromatic rings. The first-order chi connectivity index (χ1) is 18.5. The van der Waals surface area contributed by atoms with Gasteiger partial charge in [0.25, 0.3) is 0 Å². The number of H-pyrrole nitrogens is 1. The number of aliphatic carboxylic acids is 2. The van der Waals surface area contributed by atoms with Gasteiger partial charge in [0.05, 0.1) is 6.04 Å². The van der Waals surface area contributed by atoms with Gasteiger partial charge in [0.1, 0.15) is 18.1 Å². The second kappa shape index (κ2) is 13.2. The molecule has 0 spiro atoms. The number of carbonyl (C=O) groups is 5. The molecule has 1 aliphatic rings. The quantitative estimate of drug-likeness (QED) is 0.215. The van der Waals surface area contributed by atoms with E-state index in [0.29, 0.717) is 19.4 Å². The van der Waals surface area contributed by atoms with Crippen LogP contribution >= 0.6 is 0 Å². The highest BCUT2D eigenvalue weighted by atomic mass is 16.4. The first kappa shape index (κ1) is 29.6. The van der Waals surface area contributed by atoms with Crippen LogP contribution in [0.3, 0.4) is 0 Å². The van der Waals surface area contributed by atoms with Crippen LogP contribution in [0.2, 0.25) is 0 Å². The predicted octanol–water partition coefficient (Wildman–Crippen LogP) is 0.994. The van der Waals surface area contributed by atoms with E-state index in [1.165, 1.54) is 4.90 Å². The predicted molar refractivity (Wildman–Crippen MR) is 143 cm³/mol. The van der Waals surface area contributed by atoms with Gasteiger partial charge in [-0.15, -0.1) is 0 Å². The third-order valence-corrected chi connectivity index (χ3v) is 6.88. The van der Waals surface area contributed by atoms with Crippen LogP contribution in [0, 0.1) is 5.92 Å². The van der Waals surface area contributed by atoms with E-state index < -0.39 is 53.8 Å². The normalized spacial score (nSPS) is 17.5. The number of amides is 3. The molecule has 2 heterocycles. The Labute approximate surface area is 226 Å². The van der Waals surface area contributed by atoms with Crippen LogP contribution in [0.1, 0.15) is 51.5 Å². The standard InChI is InChI=1S/C27H37N5O7/c1-15(2)12-20(30-25(36)22-8-5-11-32(22)26(37)18(28)9-10-23(33)34)24(35)31-21(27(38)39)13-16-14-29-19-7-4-3-6-17(16)19/h3-4,6-7,14-15,18,20-22,29H,5,8-13,28H2,1-2H3,(H,30,36)(H,31,35)(H,33,34)(H,38,39). The third kappa shape index (κ3) is 7.79. The second-order valence-electron chi connectivity index (χ2n) is 10.4. The lowest BCUT2D eigenvalue weighted by Crippen LogP contribution is -2.57. The number of nitrogens with one attached hydrogen (secondary N) is 3. The molecule has 4 atom stereocenters. The highest BCUT2D eigenvalue weighted by molar-refractivity contribution is 5.94. The molecule has 0 saturated carbocycles. The van der Waals surface area contributed by atoms with Crippen molar-refractivity contribution >= 4 is 40.6 Å². The number of aromatic amines is 1. The van der Waals surface area contributed by atoms with Crippen LogP contribution in [0.25, 0.3) is 10.9 Å². The molecule has 3 rings (SSSR count). The van der Waals surface area contributed by atoms with Crippen molar-refractivity contribution in [2.24, 2.45) is 11.7 Å². The minimum Gasteiger partial charge on any atom is -0.481 e.